The fourth-order valence-corrected chi connectivity index (χ4v) is 5.18. The van der Waals surface area contributed by atoms with E-state index in [4.69, 9.17) is 9.72 Å². The number of benzene rings is 1. The molecule has 0 bridgehead atoms. The summed E-state index contributed by atoms with van der Waals surface area (Å²) in [5.41, 5.74) is 3.47. The topological polar surface area (TPSA) is 58.6 Å². The number of carbonyl (C=O) groups is 1. The van der Waals surface area contributed by atoms with Gasteiger partial charge in [-0.2, -0.15) is 0 Å². The Labute approximate surface area is 184 Å². The summed E-state index contributed by atoms with van der Waals surface area (Å²) in [4.78, 5) is 27.2. The van der Waals surface area contributed by atoms with Crippen LogP contribution in [0.25, 0.3) is 0 Å². The molecule has 2 saturated heterocycles. The molecule has 0 N–H and O–H groups in total. The van der Waals surface area contributed by atoms with E-state index in [0.717, 1.165) is 76.3 Å². The Morgan fingerprint density at radius 2 is 1.90 bits per heavy atom. The van der Waals surface area contributed by atoms with Crippen molar-refractivity contribution in [3.8, 4) is 0 Å². The molecule has 164 valence electrons. The molecular weight excluding hydrogens is 388 g/mol. The normalized spacial score (nSPS) is 22.3. The highest BCUT2D eigenvalue weighted by molar-refractivity contribution is 5.75. The van der Waals surface area contributed by atoms with Crippen molar-refractivity contribution < 1.29 is 9.53 Å². The van der Waals surface area contributed by atoms with Crippen molar-refractivity contribution >= 4 is 6.03 Å². The number of carbonyl (C=O) groups excluding carboxylic acids is 1. The molecule has 2 fully saturated rings. The number of piperidine rings is 1. The molecule has 2 amide bonds. The van der Waals surface area contributed by atoms with Gasteiger partial charge in [0.05, 0.1) is 18.3 Å². The number of amides is 2. The molecule has 3 aliphatic rings. The molecule has 3 aliphatic heterocycles. The van der Waals surface area contributed by atoms with Crippen molar-refractivity contribution in [1.82, 2.24) is 19.8 Å². The number of urea groups is 1. The van der Waals surface area contributed by atoms with E-state index in [1.807, 2.05) is 17.2 Å². The maximum atomic E-state index is 13.5. The number of hydrogen-bond donors (Lipinski definition) is 0. The SMILES string of the molecule is O=C(N1CCc2cnc(CC3CCOCC3)nc2C1)N1CCCCC1c1ccccc1. The van der Waals surface area contributed by atoms with Crippen molar-refractivity contribution in [2.24, 2.45) is 5.92 Å². The van der Waals surface area contributed by atoms with Crippen LogP contribution >= 0.6 is 0 Å². The lowest BCUT2D eigenvalue weighted by molar-refractivity contribution is 0.0659. The van der Waals surface area contributed by atoms with E-state index in [9.17, 15) is 4.79 Å². The molecule has 0 aliphatic carbocycles. The smallest absolute Gasteiger partial charge is 0.320 e. The summed E-state index contributed by atoms with van der Waals surface area (Å²) in [6.07, 6.45) is 9.20. The molecule has 1 aromatic heterocycles. The summed E-state index contributed by atoms with van der Waals surface area (Å²) in [6.45, 7) is 3.86. The zero-order valence-electron chi connectivity index (χ0n) is 18.2. The van der Waals surface area contributed by atoms with Crippen LogP contribution in [0.3, 0.4) is 0 Å². The van der Waals surface area contributed by atoms with Gasteiger partial charge < -0.3 is 14.5 Å². The molecule has 0 spiro atoms. The van der Waals surface area contributed by atoms with Gasteiger partial charge in [0.25, 0.3) is 0 Å². The van der Waals surface area contributed by atoms with Crippen molar-refractivity contribution in [3.63, 3.8) is 0 Å². The van der Waals surface area contributed by atoms with Gasteiger partial charge in [-0.3, -0.25) is 0 Å². The second kappa shape index (κ2) is 9.35. The standard InChI is InChI=1S/C25H32N4O2/c30-25(29-12-5-4-8-23(29)20-6-2-1-3-7-20)28-13-9-21-17-26-24(27-22(21)18-28)16-19-10-14-31-15-11-19/h1-3,6-7,17,19,23H,4-5,8-16,18H2. The van der Waals surface area contributed by atoms with Gasteiger partial charge >= 0.3 is 6.03 Å². The maximum absolute atomic E-state index is 13.5. The highest BCUT2D eigenvalue weighted by atomic mass is 16.5. The maximum Gasteiger partial charge on any atom is 0.320 e. The largest absolute Gasteiger partial charge is 0.381 e. The Morgan fingerprint density at radius 3 is 2.74 bits per heavy atom. The second-order valence-corrected chi connectivity index (χ2v) is 9.09. The van der Waals surface area contributed by atoms with Gasteiger partial charge in [-0.1, -0.05) is 30.3 Å². The Bertz CT molecular complexity index is 898. The first-order chi connectivity index (χ1) is 15.3. The van der Waals surface area contributed by atoms with Crippen LogP contribution in [0.15, 0.2) is 36.5 Å². The van der Waals surface area contributed by atoms with Crippen LogP contribution in [0.2, 0.25) is 0 Å². The minimum absolute atomic E-state index is 0.156. The van der Waals surface area contributed by atoms with Crippen molar-refractivity contribution in [3.05, 3.63) is 59.2 Å². The molecule has 6 nitrogen and oxygen atoms in total. The summed E-state index contributed by atoms with van der Waals surface area (Å²) in [5, 5.41) is 0. The lowest BCUT2D eigenvalue weighted by Gasteiger charge is -2.40. The van der Waals surface area contributed by atoms with Crippen LogP contribution in [0.5, 0.6) is 0 Å². The number of fused-ring (bicyclic) bond motifs is 1. The van der Waals surface area contributed by atoms with Crippen molar-refractivity contribution in [1.29, 1.82) is 0 Å². The van der Waals surface area contributed by atoms with E-state index in [-0.39, 0.29) is 12.1 Å². The van der Waals surface area contributed by atoms with Crippen LogP contribution in [-0.2, 0) is 24.1 Å². The molecule has 6 heteroatoms. The van der Waals surface area contributed by atoms with E-state index in [1.165, 1.54) is 17.5 Å². The molecule has 0 saturated carbocycles. The van der Waals surface area contributed by atoms with Crippen molar-refractivity contribution in [2.45, 2.75) is 57.5 Å². The van der Waals surface area contributed by atoms with Gasteiger partial charge in [-0.05, 0) is 55.6 Å². The third-order valence-electron chi connectivity index (χ3n) is 7.01. The van der Waals surface area contributed by atoms with E-state index < -0.39 is 0 Å². The third kappa shape index (κ3) is 4.59. The molecule has 31 heavy (non-hydrogen) atoms. The molecule has 5 rings (SSSR count). The Morgan fingerprint density at radius 1 is 1.06 bits per heavy atom. The fourth-order valence-electron chi connectivity index (χ4n) is 5.18. The number of nitrogens with zero attached hydrogens (tertiary/aromatic N) is 4. The lowest BCUT2D eigenvalue weighted by Crippen LogP contribution is -2.48. The van der Waals surface area contributed by atoms with Crippen LogP contribution < -0.4 is 0 Å². The van der Waals surface area contributed by atoms with E-state index in [1.54, 1.807) is 0 Å². The number of ether oxygens (including phenoxy) is 1. The fraction of sp³-hybridized carbons (Fsp3) is 0.560. The molecule has 1 unspecified atom stereocenters. The minimum Gasteiger partial charge on any atom is -0.381 e. The number of rotatable bonds is 3. The van der Waals surface area contributed by atoms with E-state index in [2.05, 4.69) is 34.1 Å². The minimum atomic E-state index is 0.156. The summed E-state index contributed by atoms with van der Waals surface area (Å²) >= 11 is 0. The summed E-state index contributed by atoms with van der Waals surface area (Å²) in [5.74, 6) is 1.52. The summed E-state index contributed by atoms with van der Waals surface area (Å²) < 4.78 is 5.48. The van der Waals surface area contributed by atoms with Crippen LogP contribution in [-0.4, -0.2) is 52.1 Å². The van der Waals surface area contributed by atoms with Gasteiger partial charge in [0.1, 0.15) is 5.82 Å². The molecule has 2 aromatic rings. The predicted molar refractivity (Wildman–Crippen MR) is 119 cm³/mol. The molecule has 1 aromatic carbocycles. The first-order valence-electron chi connectivity index (χ1n) is 11.8. The summed E-state index contributed by atoms with van der Waals surface area (Å²) in [7, 11) is 0. The average Bonchev–Trinajstić information content (AvgIpc) is 2.84. The predicted octanol–water partition coefficient (Wildman–Crippen LogP) is 4.15. The number of aromatic nitrogens is 2. The van der Waals surface area contributed by atoms with Gasteiger partial charge in [0.2, 0.25) is 0 Å². The second-order valence-electron chi connectivity index (χ2n) is 9.09. The number of hydrogen-bond acceptors (Lipinski definition) is 4. The van der Waals surface area contributed by atoms with Crippen molar-refractivity contribution in [2.75, 3.05) is 26.3 Å². The molecule has 4 heterocycles. The zero-order chi connectivity index (χ0) is 21.0. The molecule has 0 radical (unpaired) electrons. The highest BCUT2D eigenvalue weighted by Crippen LogP contribution is 2.32. The quantitative estimate of drug-likeness (QED) is 0.748. The molecular formula is C25H32N4O2. The zero-order valence-corrected chi connectivity index (χ0v) is 18.2. The van der Waals surface area contributed by atoms with Gasteiger partial charge in [-0.15, -0.1) is 0 Å². The van der Waals surface area contributed by atoms with Crippen LogP contribution in [0.1, 0.15) is 60.8 Å². The van der Waals surface area contributed by atoms with Crippen LogP contribution in [0.4, 0.5) is 4.79 Å². The lowest BCUT2D eigenvalue weighted by atomic mass is 9.95. The van der Waals surface area contributed by atoms with E-state index in [0.29, 0.717) is 12.5 Å². The highest BCUT2D eigenvalue weighted by Gasteiger charge is 2.33. The Hall–Kier alpha value is -2.47. The first-order valence-corrected chi connectivity index (χ1v) is 11.8. The first kappa shape index (κ1) is 20.4. The monoisotopic (exact) mass is 420 g/mol. The van der Waals surface area contributed by atoms with Crippen LogP contribution in [0, 0.1) is 5.92 Å². The third-order valence-corrected chi connectivity index (χ3v) is 7.01. The Kier molecular flexibility index (Phi) is 6.16. The van der Waals surface area contributed by atoms with Gasteiger partial charge in [0.15, 0.2) is 0 Å². The van der Waals surface area contributed by atoms with E-state index >= 15 is 0 Å². The summed E-state index contributed by atoms with van der Waals surface area (Å²) in [6, 6.07) is 10.8. The average molecular weight is 421 g/mol. The molecule has 1 atom stereocenters. The Balaban J connectivity index is 1.29. The van der Waals surface area contributed by atoms with Gasteiger partial charge in [0, 0.05) is 38.9 Å². The number of likely N-dealkylation sites (tertiary alicyclic amines) is 1. The van der Waals surface area contributed by atoms with Gasteiger partial charge in [-0.25, -0.2) is 14.8 Å².